The Labute approximate surface area is 118 Å². The summed E-state index contributed by atoms with van der Waals surface area (Å²) in [5.41, 5.74) is 1.77. The van der Waals surface area contributed by atoms with Crippen LogP contribution < -0.4 is 5.32 Å². The van der Waals surface area contributed by atoms with Gasteiger partial charge < -0.3 is 9.88 Å². The molecule has 0 saturated heterocycles. The minimum absolute atomic E-state index is 0.00813. The molecule has 2 heterocycles. The molecule has 1 N–H and O–H groups in total. The van der Waals surface area contributed by atoms with Gasteiger partial charge in [-0.2, -0.15) is 0 Å². The maximum atomic E-state index is 14.1. The molecule has 1 aromatic carbocycles. The highest BCUT2D eigenvalue weighted by Gasteiger charge is 2.27. The number of hydrogen-bond donors (Lipinski definition) is 1. The molecule has 0 aliphatic carbocycles. The summed E-state index contributed by atoms with van der Waals surface area (Å²) in [5, 5.41) is 3.30. The largest absolute Gasteiger partial charge is 0.356 e. The fraction of sp³-hybridized carbons (Fsp3) is 0.438. The lowest BCUT2D eigenvalue weighted by Gasteiger charge is -2.26. The molecule has 1 unspecified atom stereocenters. The highest BCUT2D eigenvalue weighted by molar-refractivity contribution is 5.37. The molecule has 1 atom stereocenters. The van der Waals surface area contributed by atoms with Gasteiger partial charge in [-0.1, -0.05) is 39.0 Å². The number of nitrogens with one attached hydrogen (secondary N) is 1. The molecule has 3 nitrogen and oxygen atoms in total. The highest BCUT2D eigenvalue weighted by atomic mass is 19.1. The van der Waals surface area contributed by atoms with Gasteiger partial charge in [-0.3, -0.25) is 0 Å². The first-order valence-electron chi connectivity index (χ1n) is 7.04. The highest BCUT2D eigenvalue weighted by Crippen LogP contribution is 2.33. The number of nitrogens with zero attached hydrogens (tertiary/aromatic N) is 2. The van der Waals surface area contributed by atoms with E-state index in [1.54, 1.807) is 6.07 Å². The van der Waals surface area contributed by atoms with Crippen LogP contribution in [0.25, 0.3) is 0 Å². The third-order valence-corrected chi connectivity index (χ3v) is 3.80. The van der Waals surface area contributed by atoms with E-state index >= 15 is 0 Å². The van der Waals surface area contributed by atoms with Gasteiger partial charge in [0.2, 0.25) is 5.95 Å². The van der Waals surface area contributed by atoms with E-state index in [2.05, 4.69) is 41.8 Å². The molecule has 0 amide bonds. The summed E-state index contributed by atoms with van der Waals surface area (Å²) in [5.74, 6) is 0.700. The molecule has 1 aliphatic heterocycles. The fourth-order valence-corrected chi connectivity index (χ4v) is 2.63. The van der Waals surface area contributed by atoms with Crippen molar-refractivity contribution < 1.29 is 4.39 Å². The Balaban J connectivity index is 2.06. The van der Waals surface area contributed by atoms with Crippen LogP contribution in [-0.2, 0) is 5.41 Å². The Morgan fingerprint density at radius 2 is 2.05 bits per heavy atom. The molecular weight excluding hydrogens is 253 g/mol. The zero-order valence-electron chi connectivity index (χ0n) is 12.2. The lowest BCUT2D eigenvalue weighted by Crippen LogP contribution is -2.24. The number of hydrogen-bond acceptors (Lipinski definition) is 2. The van der Waals surface area contributed by atoms with E-state index in [4.69, 9.17) is 0 Å². The van der Waals surface area contributed by atoms with Crippen LogP contribution in [0.5, 0.6) is 0 Å². The lowest BCUT2D eigenvalue weighted by atomic mass is 9.93. The molecule has 1 aliphatic rings. The van der Waals surface area contributed by atoms with Crippen molar-refractivity contribution in [2.75, 3.05) is 11.9 Å². The van der Waals surface area contributed by atoms with Crippen LogP contribution in [0.4, 0.5) is 10.3 Å². The average molecular weight is 273 g/mol. The van der Waals surface area contributed by atoms with Gasteiger partial charge >= 0.3 is 0 Å². The van der Waals surface area contributed by atoms with Crippen LogP contribution in [0.3, 0.4) is 0 Å². The third-order valence-electron chi connectivity index (χ3n) is 3.80. The first-order valence-corrected chi connectivity index (χ1v) is 7.04. The summed E-state index contributed by atoms with van der Waals surface area (Å²) >= 11 is 0. The summed E-state index contributed by atoms with van der Waals surface area (Å²) in [6, 6.07) is 7.04. The number of halogens is 1. The fourth-order valence-electron chi connectivity index (χ4n) is 2.63. The molecule has 0 radical (unpaired) electrons. The zero-order valence-corrected chi connectivity index (χ0v) is 12.2. The molecular formula is C16H20FN3. The predicted octanol–water partition coefficient (Wildman–Crippen LogP) is 3.72. The van der Waals surface area contributed by atoms with E-state index in [0.29, 0.717) is 0 Å². The van der Waals surface area contributed by atoms with E-state index < -0.39 is 0 Å². The number of anilines is 1. The Morgan fingerprint density at radius 3 is 2.75 bits per heavy atom. The number of imidazole rings is 1. The van der Waals surface area contributed by atoms with Gasteiger partial charge in [0.15, 0.2) is 0 Å². The van der Waals surface area contributed by atoms with Crippen LogP contribution in [0.15, 0.2) is 30.5 Å². The predicted molar refractivity (Wildman–Crippen MR) is 78.6 cm³/mol. The van der Waals surface area contributed by atoms with Crippen LogP contribution in [0, 0.1) is 5.82 Å². The Morgan fingerprint density at radius 1 is 1.30 bits per heavy atom. The minimum Gasteiger partial charge on any atom is -0.356 e. The van der Waals surface area contributed by atoms with Crippen molar-refractivity contribution in [1.29, 1.82) is 0 Å². The maximum Gasteiger partial charge on any atom is 0.203 e. The number of rotatable bonds is 1. The van der Waals surface area contributed by atoms with Crippen LogP contribution in [0.1, 0.15) is 44.5 Å². The summed E-state index contributed by atoms with van der Waals surface area (Å²) in [6.45, 7) is 7.23. The maximum absolute atomic E-state index is 14.1. The summed E-state index contributed by atoms with van der Waals surface area (Å²) in [6.07, 6.45) is 2.92. The van der Waals surface area contributed by atoms with E-state index in [-0.39, 0.29) is 17.3 Å². The first-order chi connectivity index (χ1) is 9.47. The second-order valence-corrected chi connectivity index (χ2v) is 6.36. The van der Waals surface area contributed by atoms with Gasteiger partial charge in [0.05, 0.1) is 11.7 Å². The lowest BCUT2D eigenvalue weighted by molar-refractivity contribution is 0.494. The molecule has 0 saturated carbocycles. The molecule has 20 heavy (non-hydrogen) atoms. The monoisotopic (exact) mass is 273 g/mol. The molecule has 0 bridgehead atoms. The van der Waals surface area contributed by atoms with Crippen molar-refractivity contribution in [2.24, 2.45) is 0 Å². The van der Waals surface area contributed by atoms with Crippen LogP contribution in [-0.4, -0.2) is 16.1 Å². The minimum atomic E-state index is -0.142. The molecule has 3 rings (SSSR count). The van der Waals surface area contributed by atoms with Gasteiger partial charge in [0.1, 0.15) is 5.82 Å². The van der Waals surface area contributed by atoms with Crippen LogP contribution >= 0.6 is 0 Å². The summed E-state index contributed by atoms with van der Waals surface area (Å²) in [4.78, 5) is 4.66. The molecule has 2 aromatic rings. The van der Waals surface area contributed by atoms with Crippen molar-refractivity contribution in [3.63, 3.8) is 0 Å². The zero-order chi connectivity index (χ0) is 14.3. The Hall–Kier alpha value is -1.84. The van der Waals surface area contributed by atoms with E-state index in [0.717, 1.165) is 30.2 Å². The summed E-state index contributed by atoms with van der Waals surface area (Å²) < 4.78 is 16.1. The summed E-state index contributed by atoms with van der Waals surface area (Å²) in [7, 11) is 0. The molecule has 0 fully saturated rings. The van der Waals surface area contributed by atoms with Gasteiger partial charge in [-0.25, -0.2) is 9.37 Å². The van der Waals surface area contributed by atoms with Crippen molar-refractivity contribution >= 4 is 5.95 Å². The SMILES string of the molecule is CC(C)(C)c1cn2c(n1)NCCC2c1ccccc1F. The smallest absolute Gasteiger partial charge is 0.203 e. The van der Waals surface area contributed by atoms with Crippen molar-refractivity contribution in [3.05, 3.63) is 47.5 Å². The van der Waals surface area contributed by atoms with E-state index in [9.17, 15) is 4.39 Å². The van der Waals surface area contributed by atoms with Crippen molar-refractivity contribution in [1.82, 2.24) is 9.55 Å². The van der Waals surface area contributed by atoms with E-state index in [1.165, 1.54) is 6.07 Å². The third kappa shape index (κ3) is 2.19. The Kier molecular flexibility index (Phi) is 3.04. The van der Waals surface area contributed by atoms with Crippen molar-refractivity contribution in [2.45, 2.75) is 38.6 Å². The standard InChI is InChI=1S/C16H20FN3/c1-16(2,3)14-10-20-13(8-9-18-15(20)19-14)11-6-4-5-7-12(11)17/h4-7,10,13H,8-9H2,1-3H3,(H,18,19). The number of benzene rings is 1. The molecule has 106 valence electrons. The second-order valence-electron chi connectivity index (χ2n) is 6.36. The number of fused-ring (bicyclic) bond motifs is 1. The quantitative estimate of drug-likeness (QED) is 0.858. The molecule has 0 spiro atoms. The molecule has 1 aromatic heterocycles. The van der Waals surface area contributed by atoms with Crippen molar-refractivity contribution in [3.8, 4) is 0 Å². The number of aromatic nitrogens is 2. The molecule has 4 heteroatoms. The topological polar surface area (TPSA) is 29.9 Å². The van der Waals surface area contributed by atoms with Gasteiger partial charge in [0, 0.05) is 23.7 Å². The normalized spacial score (nSPS) is 18.5. The van der Waals surface area contributed by atoms with E-state index in [1.807, 2.05) is 12.1 Å². The first kappa shape index (κ1) is 13.2. The van der Waals surface area contributed by atoms with Gasteiger partial charge in [-0.15, -0.1) is 0 Å². The van der Waals surface area contributed by atoms with Crippen LogP contribution in [0.2, 0.25) is 0 Å². The van der Waals surface area contributed by atoms with Gasteiger partial charge in [0.25, 0.3) is 0 Å². The average Bonchev–Trinajstić information content (AvgIpc) is 2.83. The Bertz CT molecular complexity index is 625. The van der Waals surface area contributed by atoms with Gasteiger partial charge in [-0.05, 0) is 12.5 Å². The second kappa shape index (κ2) is 4.62.